The second kappa shape index (κ2) is 6.33. The van der Waals surface area contributed by atoms with Crippen LogP contribution in [-0.2, 0) is 14.3 Å². The van der Waals surface area contributed by atoms with Crippen molar-refractivity contribution in [2.45, 2.75) is 57.6 Å². The number of hydrogen-bond acceptors (Lipinski definition) is 4. The van der Waals surface area contributed by atoms with E-state index in [9.17, 15) is 4.79 Å². The minimum absolute atomic E-state index is 0.0839. The van der Waals surface area contributed by atoms with Crippen molar-refractivity contribution in [3.8, 4) is 0 Å². The van der Waals surface area contributed by atoms with Crippen molar-refractivity contribution in [3.05, 3.63) is 0 Å². The molecule has 0 saturated carbocycles. The highest BCUT2D eigenvalue weighted by atomic mass is 16.5. The second-order valence-corrected chi connectivity index (χ2v) is 6.47. The number of nitrogens with two attached hydrogens (primary N) is 1. The fourth-order valence-corrected chi connectivity index (χ4v) is 3.29. The van der Waals surface area contributed by atoms with Crippen LogP contribution in [0.3, 0.4) is 0 Å². The van der Waals surface area contributed by atoms with E-state index in [0.717, 1.165) is 45.3 Å². The van der Waals surface area contributed by atoms with Gasteiger partial charge in [-0.1, -0.05) is 13.8 Å². The van der Waals surface area contributed by atoms with Crippen LogP contribution in [-0.4, -0.2) is 37.2 Å². The Labute approximate surface area is 116 Å². The molecule has 2 fully saturated rings. The predicted molar refractivity (Wildman–Crippen MR) is 73.9 cm³/mol. The summed E-state index contributed by atoms with van der Waals surface area (Å²) in [6.07, 6.45) is 4.27. The standard InChI is InChI=1S/C15H27NO3/c1-11(2)9-13(16)14(17)12-3-6-19-15(10-12)4-7-18-8-5-15/h11-13H,3-10,16H2,1-2H3. The Hall–Kier alpha value is -0.450. The Morgan fingerprint density at radius 2 is 2.00 bits per heavy atom. The average Bonchev–Trinajstić information content (AvgIpc) is 2.38. The van der Waals surface area contributed by atoms with E-state index in [2.05, 4.69) is 13.8 Å². The molecule has 110 valence electrons. The molecule has 4 nitrogen and oxygen atoms in total. The number of ketones is 1. The maximum Gasteiger partial charge on any atom is 0.152 e. The highest BCUT2D eigenvalue weighted by Crippen LogP contribution is 2.37. The summed E-state index contributed by atoms with van der Waals surface area (Å²) in [7, 11) is 0. The van der Waals surface area contributed by atoms with Crippen LogP contribution in [0.4, 0.5) is 0 Å². The van der Waals surface area contributed by atoms with Crippen LogP contribution in [0.1, 0.15) is 46.0 Å². The SMILES string of the molecule is CC(C)CC(N)C(=O)C1CCOC2(CCOCC2)C1. The number of carbonyl (C=O) groups excluding carboxylic acids is 1. The van der Waals surface area contributed by atoms with Gasteiger partial charge in [0, 0.05) is 25.7 Å². The van der Waals surface area contributed by atoms with Gasteiger partial charge in [-0.3, -0.25) is 4.79 Å². The van der Waals surface area contributed by atoms with Gasteiger partial charge in [-0.25, -0.2) is 0 Å². The van der Waals surface area contributed by atoms with Gasteiger partial charge < -0.3 is 15.2 Å². The van der Waals surface area contributed by atoms with E-state index < -0.39 is 0 Å². The van der Waals surface area contributed by atoms with Crippen LogP contribution in [0.5, 0.6) is 0 Å². The van der Waals surface area contributed by atoms with Gasteiger partial charge in [0.25, 0.3) is 0 Å². The highest BCUT2D eigenvalue weighted by Gasteiger charge is 2.41. The third kappa shape index (κ3) is 3.77. The van der Waals surface area contributed by atoms with Crippen molar-refractivity contribution in [1.29, 1.82) is 0 Å². The third-order valence-corrected chi connectivity index (χ3v) is 4.39. The van der Waals surface area contributed by atoms with Crippen molar-refractivity contribution in [2.75, 3.05) is 19.8 Å². The fraction of sp³-hybridized carbons (Fsp3) is 0.933. The van der Waals surface area contributed by atoms with E-state index in [4.69, 9.17) is 15.2 Å². The molecule has 2 heterocycles. The van der Waals surface area contributed by atoms with Crippen molar-refractivity contribution in [2.24, 2.45) is 17.6 Å². The van der Waals surface area contributed by atoms with Gasteiger partial charge in [0.2, 0.25) is 0 Å². The molecular formula is C15H27NO3. The minimum atomic E-state index is -0.306. The Kier molecular flexibility index (Phi) is 4.98. The van der Waals surface area contributed by atoms with Gasteiger partial charge in [0.05, 0.1) is 11.6 Å². The van der Waals surface area contributed by atoms with Gasteiger partial charge in [0.15, 0.2) is 5.78 Å². The Bertz CT molecular complexity index is 305. The van der Waals surface area contributed by atoms with Crippen molar-refractivity contribution in [3.63, 3.8) is 0 Å². The zero-order chi connectivity index (χ0) is 13.9. The first-order chi connectivity index (χ1) is 9.02. The normalized spacial score (nSPS) is 28.5. The zero-order valence-corrected chi connectivity index (χ0v) is 12.2. The van der Waals surface area contributed by atoms with Crippen LogP contribution in [0, 0.1) is 11.8 Å². The molecule has 19 heavy (non-hydrogen) atoms. The lowest BCUT2D eigenvalue weighted by molar-refractivity contribution is -0.157. The molecule has 2 aliphatic rings. The van der Waals surface area contributed by atoms with Crippen molar-refractivity contribution >= 4 is 5.78 Å². The minimum Gasteiger partial charge on any atom is -0.381 e. The molecule has 1 spiro atoms. The topological polar surface area (TPSA) is 61.6 Å². The predicted octanol–water partition coefficient (Wildman–Crippen LogP) is 1.90. The first-order valence-electron chi connectivity index (χ1n) is 7.53. The maximum absolute atomic E-state index is 12.4. The number of Topliss-reactive ketones (excluding diaryl/α,β-unsaturated/α-hetero) is 1. The molecule has 0 aromatic rings. The molecule has 0 bridgehead atoms. The number of rotatable bonds is 4. The van der Waals surface area contributed by atoms with Gasteiger partial charge >= 0.3 is 0 Å². The smallest absolute Gasteiger partial charge is 0.152 e. The molecule has 0 aromatic heterocycles. The van der Waals surface area contributed by atoms with Crippen LogP contribution in [0.2, 0.25) is 0 Å². The second-order valence-electron chi connectivity index (χ2n) is 6.47. The summed E-state index contributed by atoms with van der Waals surface area (Å²) < 4.78 is 11.4. The average molecular weight is 269 g/mol. The van der Waals surface area contributed by atoms with Crippen LogP contribution in [0.25, 0.3) is 0 Å². The quantitative estimate of drug-likeness (QED) is 0.847. The Morgan fingerprint density at radius 1 is 1.32 bits per heavy atom. The van der Waals surface area contributed by atoms with E-state index in [1.54, 1.807) is 0 Å². The van der Waals surface area contributed by atoms with Crippen molar-refractivity contribution < 1.29 is 14.3 Å². The Balaban J connectivity index is 1.94. The zero-order valence-electron chi connectivity index (χ0n) is 12.2. The molecule has 2 saturated heterocycles. The molecule has 0 aliphatic carbocycles. The van der Waals surface area contributed by atoms with E-state index in [-0.39, 0.29) is 23.3 Å². The monoisotopic (exact) mass is 269 g/mol. The molecule has 0 radical (unpaired) electrons. The molecule has 2 N–H and O–H groups in total. The summed E-state index contributed by atoms with van der Waals surface area (Å²) in [4.78, 5) is 12.4. The summed E-state index contributed by atoms with van der Waals surface area (Å²) >= 11 is 0. The van der Waals surface area contributed by atoms with E-state index >= 15 is 0 Å². The summed E-state index contributed by atoms with van der Waals surface area (Å²) in [5.41, 5.74) is 5.94. The lowest BCUT2D eigenvalue weighted by Gasteiger charge is -2.43. The number of hydrogen-bond donors (Lipinski definition) is 1. The Morgan fingerprint density at radius 3 is 2.63 bits per heavy atom. The number of carbonyl (C=O) groups is 1. The van der Waals surface area contributed by atoms with E-state index in [1.807, 2.05) is 0 Å². The molecule has 2 aliphatic heterocycles. The van der Waals surface area contributed by atoms with Gasteiger partial charge in [0.1, 0.15) is 0 Å². The van der Waals surface area contributed by atoms with Crippen LogP contribution in [0.15, 0.2) is 0 Å². The summed E-state index contributed by atoms with van der Waals surface area (Å²) in [5, 5.41) is 0. The summed E-state index contributed by atoms with van der Waals surface area (Å²) in [6, 6.07) is -0.306. The molecule has 2 unspecified atom stereocenters. The van der Waals surface area contributed by atoms with Crippen LogP contribution >= 0.6 is 0 Å². The first-order valence-corrected chi connectivity index (χ1v) is 7.53. The van der Waals surface area contributed by atoms with Gasteiger partial charge in [-0.2, -0.15) is 0 Å². The number of ether oxygens (including phenoxy) is 2. The molecule has 0 amide bonds. The molecule has 4 heteroatoms. The van der Waals surface area contributed by atoms with E-state index in [0.29, 0.717) is 12.5 Å². The van der Waals surface area contributed by atoms with Crippen molar-refractivity contribution in [1.82, 2.24) is 0 Å². The third-order valence-electron chi connectivity index (χ3n) is 4.39. The maximum atomic E-state index is 12.4. The molecule has 2 atom stereocenters. The van der Waals surface area contributed by atoms with Crippen LogP contribution < -0.4 is 5.73 Å². The van der Waals surface area contributed by atoms with Gasteiger partial charge in [-0.15, -0.1) is 0 Å². The lowest BCUT2D eigenvalue weighted by Crippen LogP contribution is -2.48. The first kappa shape index (κ1) is 14.9. The van der Waals surface area contributed by atoms with E-state index in [1.165, 1.54) is 0 Å². The highest BCUT2D eigenvalue weighted by molar-refractivity contribution is 5.86. The molecule has 0 aromatic carbocycles. The molecular weight excluding hydrogens is 242 g/mol. The summed E-state index contributed by atoms with van der Waals surface area (Å²) in [6.45, 7) is 6.40. The van der Waals surface area contributed by atoms with Gasteiger partial charge in [-0.05, 0) is 38.0 Å². The fourth-order valence-electron chi connectivity index (χ4n) is 3.29. The molecule has 2 rings (SSSR count). The lowest BCUT2D eigenvalue weighted by atomic mass is 9.77. The summed E-state index contributed by atoms with van der Waals surface area (Å²) in [5.74, 6) is 0.791. The largest absolute Gasteiger partial charge is 0.381 e.